The monoisotopic (exact) mass is 527 g/mol. The van der Waals surface area contributed by atoms with E-state index in [2.05, 4.69) is 9.97 Å². The van der Waals surface area contributed by atoms with Gasteiger partial charge in [0.05, 0.1) is 24.3 Å². The lowest BCUT2D eigenvalue weighted by atomic mass is 10.1. The van der Waals surface area contributed by atoms with E-state index >= 15 is 0 Å². The molecule has 198 valence electrons. The van der Waals surface area contributed by atoms with E-state index in [1.54, 1.807) is 17.3 Å². The number of guanidine groups is 1. The molecule has 2 aliphatic rings. The van der Waals surface area contributed by atoms with Crippen molar-refractivity contribution in [2.75, 3.05) is 18.0 Å². The van der Waals surface area contributed by atoms with Gasteiger partial charge in [-0.15, -0.1) is 0 Å². The third-order valence-corrected chi connectivity index (χ3v) is 6.93. The minimum Gasteiger partial charge on any atom is -0.305 e. The summed E-state index contributed by atoms with van der Waals surface area (Å²) in [5.74, 6) is -0.434. The lowest BCUT2D eigenvalue weighted by Crippen LogP contribution is -2.51. The summed E-state index contributed by atoms with van der Waals surface area (Å²) in [7, 11) is 0. The fourth-order valence-electron chi connectivity index (χ4n) is 5.16. The van der Waals surface area contributed by atoms with Gasteiger partial charge in [-0.05, 0) is 69.7 Å². The van der Waals surface area contributed by atoms with E-state index in [1.807, 2.05) is 61.4 Å². The number of nitrogens with zero attached hydrogens (tertiary/aromatic N) is 7. The van der Waals surface area contributed by atoms with Crippen LogP contribution in [0.1, 0.15) is 42.5 Å². The van der Waals surface area contributed by atoms with Gasteiger partial charge >= 0.3 is 0 Å². The zero-order valence-corrected chi connectivity index (χ0v) is 22.1. The number of hydrogen-bond donors (Lipinski definition) is 0. The molecule has 5 heterocycles. The standard InChI is InChI=1S/C29H27F2N7O/c1-5-36-27(39)24-26(38-16-29(3,4)35-28(36)38)37(15-18-6-8-21(30)22(31)13-18)25(34-24)20-7-9-23(33-14-20)19-10-11-32-17(2)12-19/h6-14H,5,15-16H2,1-4H3. The smallest absolute Gasteiger partial charge is 0.283 e. The third kappa shape index (κ3) is 4.25. The molecule has 0 radical (unpaired) electrons. The average molecular weight is 528 g/mol. The average Bonchev–Trinajstić information content (AvgIpc) is 3.43. The molecule has 0 saturated heterocycles. The first kappa shape index (κ1) is 24.8. The zero-order valence-electron chi connectivity index (χ0n) is 22.1. The molecule has 0 aliphatic carbocycles. The summed E-state index contributed by atoms with van der Waals surface area (Å²) in [5.41, 5.74) is 3.69. The van der Waals surface area contributed by atoms with Crippen LogP contribution >= 0.6 is 0 Å². The van der Waals surface area contributed by atoms with Crippen molar-refractivity contribution in [3.63, 3.8) is 0 Å². The Hall–Kier alpha value is -4.47. The first-order chi connectivity index (χ1) is 18.6. The second kappa shape index (κ2) is 9.07. The Morgan fingerprint density at radius 2 is 1.82 bits per heavy atom. The maximum Gasteiger partial charge on any atom is 0.283 e. The van der Waals surface area contributed by atoms with Gasteiger partial charge in [-0.25, -0.2) is 18.8 Å². The van der Waals surface area contributed by atoms with Crippen LogP contribution in [0.3, 0.4) is 0 Å². The largest absolute Gasteiger partial charge is 0.305 e. The molecule has 0 fully saturated rings. The van der Waals surface area contributed by atoms with Crippen LogP contribution in [-0.2, 0) is 6.54 Å². The van der Waals surface area contributed by atoms with E-state index in [1.165, 1.54) is 12.1 Å². The second-order valence-electron chi connectivity index (χ2n) is 10.4. The number of rotatable bonds is 5. The number of fused-ring (bicyclic) bond motifs is 3. The van der Waals surface area contributed by atoms with Crippen LogP contribution in [0.4, 0.5) is 14.6 Å². The van der Waals surface area contributed by atoms with Gasteiger partial charge in [0.15, 0.2) is 17.3 Å². The molecular formula is C29H27F2N7O. The summed E-state index contributed by atoms with van der Waals surface area (Å²) in [6, 6.07) is 11.5. The van der Waals surface area contributed by atoms with Crippen molar-refractivity contribution in [2.45, 2.75) is 39.8 Å². The highest BCUT2D eigenvalue weighted by atomic mass is 19.2. The number of hydrogen-bond acceptors (Lipinski definition) is 6. The summed E-state index contributed by atoms with van der Waals surface area (Å²) in [6.07, 6.45) is 3.45. The van der Waals surface area contributed by atoms with Gasteiger partial charge in [-0.2, -0.15) is 0 Å². The molecule has 0 unspecified atom stereocenters. The SMILES string of the molecule is CCN1C(=O)c2nc(-c3ccc(-c4ccnc(C)c4)nc3)n(Cc3ccc(F)c(F)c3)c2N2CC(C)(C)N=C12. The highest BCUT2D eigenvalue weighted by Crippen LogP contribution is 2.38. The summed E-state index contributed by atoms with van der Waals surface area (Å²) >= 11 is 0. The van der Waals surface area contributed by atoms with E-state index in [0.717, 1.165) is 23.0 Å². The normalized spacial score (nSPS) is 15.8. The van der Waals surface area contributed by atoms with Crippen molar-refractivity contribution in [2.24, 2.45) is 4.99 Å². The van der Waals surface area contributed by atoms with Gasteiger partial charge in [0, 0.05) is 35.8 Å². The molecule has 0 saturated carbocycles. The number of halogens is 2. The van der Waals surface area contributed by atoms with E-state index < -0.39 is 17.2 Å². The molecule has 0 atom stereocenters. The van der Waals surface area contributed by atoms with Gasteiger partial charge in [-0.3, -0.25) is 24.6 Å². The molecule has 1 amide bonds. The number of aliphatic imine (C=N–C) groups is 1. The molecule has 8 nitrogen and oxygen atoms in total. The molecule has 0 N–H and O–H groups in total. The zero-order chi connectivity index (χ0) is 27.5. The highest BCUT2D eigenvalue weighted by Gasteiger charge is 2.45. The van der Waals surface area contributed by atoms with Crippen molar-refractivity contribution >= 4 is 17.7 Å². The molecular weight excluding hydrogens is 500 g/mol. The van der Waals surface area contributed by atoms with Crippen LogP contribution in [0.5, 0.6) is 0 Å². The molecule has 4 aromatic rings. The molecule has 0 bridgehead atoms. The van der Waals surface area contributed by atoms with Gasteiger partial charge < -0.3 is 4.57 Å². The van der Waals surface area contributed by atoms with Crippen molar-refractivity contribution in [1.29, 1.82) is 0 Å². The Kier molecular flexibility index (Phi) is 5.78. The summed E-state index contributed by atoms with van der Waals surface area (Å²) < 4.78 is 29.8. The number of aryl methyl sites for hydroxylation is 1. The van der Waals surface area contributed by atoms with Crippen molar-refractivity contribution < 1.29 is 13.6 Å². The maximum absolute atomic E-state index is 14.2. The van der Waals surface area contributed by atoms with Gasteiger partial charge in [-0.1, -0.05) is 6.07 Å². The molecule has 10 heteroatoms. The number of carbonyl (C=O) groups is 1. The van der Waals surface area contributed by atoms with Crippen molar-refractivity contribution in [1.82, 2.24) is 24.4 Å². The Bertz CT molecular complexity index is 1640. The number of pyridine rings is 2. The number of anilines is 1. The highest BCUT2D eigenvalue weighted by molar-refractivity contribution is 6.18. The van der Waals surface area contributed by atoms with E-state index in [-0.39, 0.29) is 12.5 Å². The first-order valence-corrected chi connectivity index (χ1v) is 12.8. The minimum atomic E-state index is -0.931. The summed E-state index contributed by atoms with van der Waals surface area (Å²) in [4.78, 5) is 35.8. The number of aromatic nitrogens is 4. The van der Waals surface area contributed by atoms with Crippen LogP contribution in [0.2, 0.25) is 0 Å². The lowest BCUT2D eigenvalue weighted by Gasteiger charge is -2.34. The number of carbonyl (C=O) groups excluding carboxylic acids is 1. The fraction of sp³-hybridized carbons (Fsp3) is 0.276. The Morgan fingerprint density at radius 3 is 2.51 bits per heavy atom. The Labute approximate surface area is 224 Å². The fourth-order valence-corrected chi connectivity index (χ4v) is 5.16. The van der Waals surface area contributed by atoms with Crippen molar-refractivity contribution in [3.8, 4) is 22.6 Å². The van der Waals surface area contributed by atoms with Gasteiger partial charge in [0.25, 0.3) is 5.91 Å². The lowest BCUT2D eigenvalue weighted by molar-refractivity contribution is 0.0841. The molecule has 6 rings (SSSR count). The molecule has 1 aromatic carbocycles. The van der Waals surface area contributed by atoms with Crippen LogP contribution in [0, 0.1) is 18.6 Å². The van der Waals surface area contributed by atoms with Crippen LogP contribution in [-0.4, -0.2) is 54.9 Å². The number of amides is 1. The molecule has 3 aromatic heterocycles. The predicted molar refractivity (Wildman–Crippen MR) is 144 cm³/mol. The topological polar surface area (TPSA) is 79.5 Å². The minimum absolute atomic E-state index is 0.170. The Balaban J connectivity index is 1.51. The molecule has 0 spiro atoms. The van der Waals surface area contributed by atoms with Crippen molar-refractivity contribution in [3.05, 3.63) is 83.4 Å². The molecule has 2 aliphatic heterocycles. The first-order valence-electron chi connectivity index (χ1n) is 12.8. The molecule has 39 heavy (non-hydrogen) atoms. The van der Waals surface area contributed by atoms with E-state index in [0.29, 0.717) is 47.5 Å². The van der Waals surface area contributed by atoms with E-state index in [4.69, 9.17) is 9.98 Å². The second-order valence-corrected chi connectivity index (χ2v) is 10.4. The van der Waals surface area contributed by atoms with E-state index in [9.17, 15) is 13.6 Å². The van der Waals surface area contributed by atoms with Gasteiger partial charge in [0.1, 0.15) is 11.6 Å². The maximum atomic E-state index is 14.2. The number of imidazole rings is 1. The third-order valence-electron chi connectivity index (χ3n) is 6.93. The number of benzene rings is 1. The van der Waals surface area contributed by atoms with Crippen LogP contribution in [0.25, 0.3) is 22.6 Å². The quantitative estimate of drug-likeness (QED) is 0.362. The van der Waals surface area contributed by atoms with Crippen LogP contribution < -0.4 is 4.90 Å². The van der Waals surface area contributed by atoms with Crippen LogP contribution in [0.15, 0.2) is 59.9 Å². The van der Waals surface area contributed by atoms with Gasteiger partial charge in [0.2, 0.25) is 5.96 Å². The Morgan fingerprint density at radius 1 is 1.00 bits per heavy atom. The summed E-state index contributed by atoms with van der Waals surface area (Å²) in [6.45, 7) is 9.00. The predicted octanol–water partition coefficient (Wildman–Crippen LogP) is 5.07. The summed E-state index contributed by atoms with van der Waals surface area (Å²) in [5, 5.41) is 0.